The van der Waals surface area contributed by atoms with Crippen LogP contribution in [0.1, 0.15) is 43.9 Å². The number of aromatic nitrogens is 3. The fourth-order valence-electron chi connectivity index (χ4n) is 6.61. The standard InChI is InChI=1S/C38H36ClF3N6O4S/c1-20-12-26(10-11-38(2,3)50)44-35(33(20)27-7-8-29(39)34-36(27)48(4)46-37(34)47-53(5,51)52)31(15-21-13-24(41)17-25(42)14-21)45-32(49)16-22-19-43-30-9-6-23(40)18-28(22)30/h6-9,13-14,17-20,31,43,50H,12,15-16H2,1-5H3,(H,45,49)(H,46,47)/t20?,31-/m0/s1. The number of carbonyl (C=O) groups excluding carboxylic acids is 1. The van der Waals surface area contributed by atoms with E-state index in [4.69, 9.17) is 16.6 Å². The van der Waals surface area contributed by atoms with Crippen LogP contribution in [0.5, 0.6) is 0 Å². The van der Waals surface area contributed by atoms with Crippen LogP contribution < -0.4 is 10.0 Å². The molecule has 0 saturated heterocycles. The van der Waals surface area contributed by atoms with Gasteiger partial charge in [-0.05, 0) is 85.2 Å². The number of aromatic amines is 1. The third-order valence-electron chi connectivity index (χ3n) is 8.65. The fraction of sp³-hybridized carbons (Fsp3) is 0.289. The van der Waals surface area contributed by atoms with E-state index in [1.807, 2.05) is 6.92 Å². The number of halogens is 4. The van der Waals surface area contributed by atoms with E-state index in [1.54, 1.807) is 31.4 Å². The lowest BCUT2D eigenvalue weighted by atomic mass is 9.82. The lowest BCUT2D eigenvalue weighted by Gasteiger charge is -2.30. The van der Waals surface area contributed by atoms with Gasteiger partial charge in [0.15, 0.2) is 5.82 Å². The number of nitrogens with one attached hydrogen (secondary N) is 3. The second kappa shape index (κ2) is 14.4. The van der Waals surface area contributed by atoms with Crippen LogP contribution in [-0.4, -0.2) is 57.8 Å². The Hall–Kier alpha value is -5.10. The topological polar surface area (TPSA) is 141 Å². The summed E-state index contributed by atoms with van der Waals surface area (Å²) >= 11 is 6.65. The molecule has 2 aromatic heterocycles. The highest BCUT2D eigenvalue weighted by Gasteiger charge is 2.32. The van der Waals surface area contributed by atoms with Crippen molar-refractivity contribution in [3.05, 3.63) is 99.6 Å². The number of nitrogens with zero attached hydrogens (tertiary/aromatic N) is 3. The number of allylic oxidation sites excluding steroid dienone is 1. The van der Waals surface area contributed by atoms with E-state index in [1.165, 1.54) is 42.8 Å². The molecule has 1 aliphatic heterocycles. The molecule has 2 atom stereocenters. The van der Waals surface area contributed by atoms with Crippen molar-refractivity contribution in [2.45, 2.75) is 51.7 Å². The summed E-state index contributed by atoms with van der Waals surface area (Å²) in [4.78, 5) is 21.9. The Labute approximate surface area is 309 Å². The number of aliphatic imine (C=N–C) groups is 1. The molecule has 5 aromatic rings. The number of carbonyl (C=O) groups is 1. The SMILES string of the molecule is CC1CC(C#CC(C)(C)O)=NC([C@H](Cc2cc(F)cc(F)c2)NC(=O)Cc2c[nH]c3ccc(F)cc23)=C1c1ccc(Cl)c2c(NS(C)(=O)=O)nn(C)c12. The van der Waals surface area contributed by atoms with Gasteiger partial charge in [-0.2, -0.15) is 5.10 Å². The molecule has 15 heteroatoms. The van der Waals surface area contributed by atoms with Crippen molar-refractivity contribution in [2.24, 2.45) is 18.0 Å². The van der Waals surface area contributed by atoms with Crippen LogP contribution in [0.15, 0.2) is 65.4 Å². The summed E-state index contributed by atoms with van der Waals surface area (Å²) in [5, 5.41) is 18.9. The predicted molar refractivity (Wildman–Crippen MR) is 200 cm³/mol. The van der Waals surface area contributed by atoms with E-state index < -0.39 is 45.0 Å². The molecule has 0 bridgehead atoms. The predicted octanol–water partition coefficient (Wildman–Crippen LogP) is 6.43. The van der Waals surface area contributed by atoms with Crippen molar-refractivity contribution < 1.29 is 31.5 Å². The normalized spacial score (nSPS) is 15.7. The molecule has 1 unspecified atom stereocenters. The number of sulfonamides is 1. The molecule has 0 spiro atoms. The minimum Gasteiger partial charge on any atom is -0.378 e. The summed E-state index contributed by atoms with van der Waals surface area (Å²) in [5.74, 6) is 2.85. The highest BCUT2D eigenvalue weighted by Crippen LogP contribution is 2.42. The van der Waals surface area contributed by atoms with Crippen molar-refractivity contribution >= 4 is 66.4 Å². The average molecular weight is 765 g/mol. The lowest BCUT2D eigenvalue weighted by Crippen LogP contribution is -2.40. The van der Waals surface area contributed by atoms with Gasteiger partial charge in [-0.25, -0.2) is 26.6 Å². The van der Waals surface area contributed by atoms with Crippen LogP contribution in [0.4, 0.5) is 19.0 Å². The number of aliphatic hydroxyl groups is 1. The molecule has 3 aromatic carbocycles. The molecular weight excluding hydrogens is 729 g/mol. The van der Waals surface area contributed by atoms with Crippen LogP contribution in [-0.2, 0) is 34.7 Å². The van der Waals surface area contributed by atoms with Crippen LogP contribution in [0.3, 0.4) is 0 Å². The van der Waals surface area contributed by atoms with Gasteiger partial charge in [-0.1, -0.05) is 30.5 Å². The van der Waals surface area contributed by atoms with E-state index in [9.17, 15) is 31.5 Å². The zero-order valence-corrected chi connectivity index (χ0v) is 31.0. The number of hydrogen-bond acceptors (Lipinski definition) is 6. The number of amides is 1. The van der Waals surface area contributed by atoms with Crippen molar-refractivity contribution in [3.8, 4) is 11.8 Å². The molecule has 10 nitrogen and oxygen atoms in total. The maximum absolute atomic E-state index is 14.6. The number of benzene rings is 3. The molecule has 276 valence electrons. The summed E-state index contributed by atoms with van der Waals surface area (Å²) in [5.41, 5.74) is 2.41. The smallest absolute Gasteiger partial charge is 0.231 e. The van der Waals surface area contributed by atoms with Gasteiger partial charge in [0, 0.05) is 42.2 Å². The third-order valence-corrected chi connectivity index (χ3v) is 9.53. The zero-order valence-electron chi connectivity index (χ0n) is 29.4. The number of hydrogen-bond donors (Lipinski definition) is 4. The Balaban J connectivity index is 1.57. The molecule has 1 aliphatic rings. The third kappa shape index (κ3) is 8.59. The van der Waals surface area contributed by atoms with Gasteiger partial charge in [0.2, 0.25) is 15.9 Å². The minimum atomic E-state index is -3.75. The highest BCUT2D eigenvalue weighted by atomic mass is 35.5. The summed E-state index contributed by atoms with van der Waals surface area (Å²) in [6, 6.07) is 9.63. The Morgan fingerprint density at radius 1 is 1.13 bits per heavy atom. The molecule has 3 heterocycles. The largest absolute Gasteiger partial charge is 0.378 e. The molecule has 4 N–H and O–H groups in total. The van der Waals surface area contributed by atoms with Crippen LogP contribution >= 0.6 is 11.6 Å². The first-order chi connectivity index (χ1) is 24.8. The Morgan fingerprint density at radius 2 is 1.85 bits per heavy atom. The monoisotopic (exact) mass is 764 g/mol. The number of H-pyrrole nitrogens is 1. The van der Waals surface area contributed by atoms with Gasteiger partial charge in [-0.3, -0.25) is 14.2 Å². The summed E-state index contributed by atoms with van der Waals surface area (Å²) in [6.07, 6.45) is 2.65. The van der Waals surface area contributed by atoms with Crippen molar-refractivity contribution in [1.82, 2.24) is 20.1 Å². The zero-order chi connectivity index (χ0) is 38.4. The maximum Gasteiger partial charge on any atom is 0.231 e. The lowest BCUT2D eigenvalue weighted by molar-refractivity contribution is -0.120. The molecule has 0 radical (unpaired) electrons. The molecule has 53 heavy (non-hydrogen) atoms. The number of anilines is 1. The van der Waals surface area contributed by atoms with Gasteiger partial charge < -0.3 is 15.4 Å². The molecular formula is C38H36ClF3N6O4S. The molecule has 6 rings (SSSR count). The molecule has 0 saturated carbocycles. The first-order valence-corrected chi connectivity index (χ1v) is 18.8. The van der Waals surface area contributed by atoms with Crippen molar-refractivity contribution in [2.75, 3.05) is 11.0 Å². The number of rotatable bonds is 9. The second-order valence-electron chi connectivity index (χ2n) is 13.7. The minimum absolute atomic E-state index is 0.0120. The van der Waals surface area contributed by atoms with Crippen LogP contribution in [0, 0.1) is 35.2 Å². The van der Waals surface area contributed by atoms with E-state index in [0.29, 0.717) is 56.3 Å². The van der Waals surface area contributed by atoms with E-state index in [-0.39, 0.29) is 35.2 Å². The molecule has 0 aliphatic carbocycles. The van der Waals surface area contributed by atoms with Gasteiger partial charge in [0.1, 0.15) is 23.1 Å². The summed E-state index contributed by atoms with van der Waals surface area (Å²) in [6.45, 7) is 4.98. The number of aryl methyl sites for hydroxylation is 1. The second-order valence-corrected chi connectivity index (χ2v) is 15.9. The van der Waals surface area contributed by atoms with Gasteiger partial charge in [-0.15, -0.1) is 0 Å². The summed E-state index contributed by atoms with van der Waals surface area (Å²) in [7, 11) is -2.12. The Bertz CT molecular complexity index is 2510. The van der Waals surface area contributed by atoms with Gasteiger partial charge in [0.25, 0.3) is 0 Å². The van der Waals surface area contributed by atoms with Gasteiger partial charge >= 0.3 is 0 Å². The number of fused-ring (bicyclic) bond motifs is 2. The van der Waals surface area contributed by atoms with Gasteiger partial charge in [0.05, 0.1) is 46.1 Å². The quantitative estimate of drug-likeness (QED) is 0.128. The fourth-order valence-corrected chi connectivity index (χ4v) is 7.34. The van der Waals surface area contributed by atoms with Crippen molar-refractivity contribution in [1.29, 1.82) is 0 Å². The average Bonchev–Trinajstić information content (AvgIpc) is 3.58. The first-order valence-electron chi connectivity index (χ1n) is 16.6. The van der Waals surface area contributed by atoms with E-state index in [0.717, 1.165) is 12.3 Å². The van der Waals surface area contributed by atoms with Crippen LogP contribution in [0.25, 0.3) is 27.4 Å². The highest BCUT2D eigenvalue weighted by molar-refractivity contribution is 7.92. The van der Waals surface area contributed by atoms with E-state index >= 15 is 0 Å². The Kier molecular flexibility index (Phi) is 10.2. The van der Waals surface area contributed by atoms with Crippen molar-refractivity contribution in [3.63, 3.8) is 0 Å². The maximum atomic E-state index is 14.6. The van der Waals surface area contributed by atoms with Crippen LogP contribution in [0.2, 0.25) is 5.02 Å². The molecule has 0 fully saturated rings. The Morgan fingerprint density at radius 3 is 2.53 bits per heavy atom. The van der Waals surface area contributed by atoms with E-state index in [2.05, 4.69) is 32.0 Å². The molecule has 1 amide bonds. The first kappa shape index (κ1) is 37.7. The summed E-state index contributed by atoms with van der Waals surface area (Å²) < 4.78 is 71.7.